The average Bonchev–Trinajstić information content (AvgIpc) is 3.09. The molecule has 0 radical (unpaired) electrons. The largest absolute Gasteiger partial charge is 0.267 e. The highest BCUT2D eigenvalue weighted by molar-refractivity contribution is 7.88. The monoisotopic (exact) mass is 430 g/mol. The molecule has 0 saturated heterocycles. The van der Waals surface area contributed by atoms with Gasteiger partial charge in [-0.05, 0) is 55.5 Å². The second kappa shape index (κ2) is 8.65. The Bertz CT molecular complexity index is 1080. The van der Waals surface area contributed by atoms with E-state index in [2.05, 4.69) is 9.71 Å². The summed E-state index contributed by atoms with van der Waals surface area (Å²) in [4.78, 5) is 4.09. The smallest absolute Gasteiger partial charge is 0.215 e. The van der Waals surface area contributed by atoms with E-state index in [0.29, 0.717) is 23.7 Å². The zero-order valence-electron chi connectivity index (χ0n) is 16.0. The topological polar surface area (TPSA) is 76.9 Å². The Morgan fingerprint density at radius 2 is 1.76 bits per heavy atom. The summed E-state index contributed by atoms with van der Waals surface area (Å²) >= 11 is 5.86. The van der Waals surface area contributed by atoms with Crippen LogP contribution in [0.3, 0.4) is 0 Å². The number of sulfonamides is 1. The molecule has 29 heavy (non-hydrogen) atoms. The highest BCUT2D eigenvalue weighted by Gasteiger charge is 2.22. The molecule has 2 aromatic heterocycles. The van der Waals surface area contributed by atoms with E-state index in [1.165, 1.54) is 11.3 Å². The van der Waals surface area contributed by atoms with E-state index >= 15 is 0 Å². The van der Waals surface area contributed by atoms with Crippen molar-refractivity contribution in [2.45, 2.75) is 38.0 Å². The Balaban J connectivity index is 1.46. The molecule has 4 rings (SSSR count). The lowest BCUT2D eigenvalue weighted by Crippen LogP contribution is -2.29. The normalized spacial score (nSPS) is 14.0. The maximum absolute atomic E-state index is 12.4. The van der Waals surface area contributed by atoms with Crippen LogP contribution in [0, 0.1) is 0 Å². The molecule has 0 saturated carbocycles. The molecule has 0 atom stereocenters. The fourth-order valence-electron chi connectivity index (χ4n) is 3.76. The molecule has 1 aliphatic carbocycles. The van der Waals surface area contributed by atoms with Crippen LogP contribution in [0.1, 0.15) is 29.7 Å². The van der Waals surface area contributed by atoms with E-state index in [0.717, 1.165) is 36.9 Å². The summed E-state index contributed by atoms with van der Waals surface area (Å²) in [5.41, 5.74) is 5.26. The Morgan fingerprint density at radius 3 is 2.52 bits per heavy atom. The van der Waals surface area contributed by atoms with Gasteiger partial charge in [-0.25, -0.2) is 13.1 Å². The maximum atomic E-state index is 12.4. The van der Waals surface area contributed by atoms with Crippen molar-refractivity contribution in [2.24, 2.45) is 0 Å². The highest BCUT2D eigenvalue weighted by Crippen LogP contribution is 2.30. The Morgan fingerprint density at radius 1 is 1.03 bits per heavy atom. The van der Waals surface area contributed by atoms with Crippen LogP contribution in [0.2, 0.25) is 5.02 Å². The number of halogens is 1. The number of hydrogen-bond acceptors (Lipinski definition) is 4. The molecular formula is C21H23ClN4O2S. The number of fused-ring (bicyclic) bond motifs is 1. The first-order chi connectivity index (χ1) is 14.0. The maximum Gasteiger partial charge on any atom is 0.215 e. The van der Waals surface area contributed by atoms with E-state index in [4.69, 9.17) is 16.7 Å². The third kappa shape index (κ3) is 4.86. The van der Waals surface area contributed by atoms with Crippen LogP contribution in [0.25, 0.3) is 11.3 Å². The van der Waals surface area contributed by atoms with Gasteiger partial charge in [-0.3, -0.25) is 9.67 Å². The molecule has 3 aromatic rings. The highest BCUT2D eigenvalue weighted by atomic mass is 35.5. The Labute approximate surface area is 176 Å². The van der Waals surface area contributed by atoms with Crippen molar-refractivity contribution in [1.29, 1.82) is 0 Å². The molecule has 1 N–H and O–H groups in total. The first kappa shape index (κ1) is 20.1. The van der Waals surface area contributed by atoms with Crippen molar-refractivity contribution in [3.05, 3.63) is 70.6 Å². The second-order valence-electron chi connectivity index (χ2n) is 7.22. The van der Waals surface area contributed by atoms with Crippen molar-refractivity contribution in [1.82, 2.24) is 19.5 Å². The van der Waals surface area contributed by atoms with Crippen molar-refractivity contribution < 1.29 is 8.42 Å². The van der Waals surface area contributed by atoms with Crippen LogP contribution in [-0.2, 0) is 35.2 Å². The Hall–Kier alpha value is -2.22. The van der Waals surface area contributed by atoms with Gasteiger partial charge >= 0.3 is 0 Å². The average molecular weight is 431 g/mol. The van der Waals surface area contributed by atoms with Gasteiger partial charge in [0.2, 0.25) is 10.0 Å². The summed E-state index contributed by atoms with van der Waals surface area (Å²) in [5.74, 6) is -0.0658. The van der Waals surface area contributed by atoms with Crippen molar-refractivity contribution in [2.75, 3.05) is 6.54 Å². The molecule has 0 bridgehead atoms. The van der Waals surface area contributed by atoms with Gasteiger partial charge in [-0.2, -0.15) is 5.10 Å². The van der Waals surface area contributed by atoms with Crippen LogP contribution in [-0.4, -0.2) is 29.7 Å². The molecule has 1 aromatic carbocycles. The SMILES string of the molecule is O=S(=O)(Cc1ccc(Cl)cc1)NCCn1nc(-c2ccncc2)c2c1CCCC2. The van der Waals surface area contributed by atoms with Crippen molar-refractivity contribution >= 4 is 21.6 Å². The van der Waals surface area contributed by atoms with Crippen LogP contribution in [0.4, 0.5) is 0 Å². The van der Waals surface area contributed by atoms with Gasteiger partial charge in [0.25, 0.3) is 0 Å². The molecule has 0 aliphatic heterocycles. The van der Waals surface area contributed by atoms with Gasteiger partial charge in [-0.15, -0.1) is 0 Å². The van der Waals surface area contributed by atoms with E-state index in [1.54, 1.807) is 36.7 Å². The fraction of sp³-hybridized carbons (Fsp3) is 0.333. The summed E-state index contributed by atoms with van der Waals surface area (Å²) in [5, 5.41) is 5.41. The zero-order chi connectivity index (χ0) is 20.3. The predicted octanol–water partition coefficient (Wildman–Crippen LogP) is 3.60. The second-order valence-corrected chi connectivity index (χ2v) is 9.46. The Kier molecular flexibility index (Phi) is 5.99. The van der Waals surface area contributed by atoms with E-state index in [9.17, 15) is 8.42 Å². The number of aromatic nitrogens is 3. The first-order valence-electron chi connectivity index (χ1n) is 9.72. The molecule has 0 fully saturated rings. The van der Waals surface area contributed by atoms with E-state index in [-0.39, 0.29) is 5.75 Å². The van der Waals surface area contributed by atoms with Crippen LogP contribution < -0.4 is 4.72 Å². The quantitative estimate of drug-likeness (QED) is 0.621. The molecule has 8 heteroatoms. The van der Waals surface area contributed by atoms with E-state index < -0.39 is 10.0 Å². The van der Waals surface area contributed by atoms with E-state index in [1.807, 2.05) is 16.8 Å². The minimum atomic E-state index is -3.43. The lowest BCUT2D eigenvalue weighted by molar-refractivity contribution is 0.538. The summed E-state index contributed by atoms with van der Waals surface area (Å²) < 4.78 is 29.5. The third-order valence-corrected chi connectivity index (χ3v) is 6.74. The lowest BCUT2D eigenvalue weighted by atomic mass is 9.94. The van der Waals surface area contributed by atoms with Crippen molar-refractivity contribution in [3.63, 3.8) is 0 Å². The number of nitrogens with one attached hydrogen (secondary N) is 1. The standard InChI is InChI=1S/C21H23ClN4O2S/c22-18-7-5-16(6-8-18)15-29(27,28)24-13-14-26-20-4-2-1-3-19(20)21(25-26)17-9-11-23-12-10-17/h5-12,24H,1-4,13-15H2. The molecular weight excluding hydrogens is 408 g/mol. The number of nitrogens with zero attached hydrogens (tertiary/aromatic N) is 3. The van der Waals surface area contributed by atoms with Gasteiger partial charge in [0.1, 0.15) is 0 Å². The third-order valence-electron chi connectivity index (χ3n) is 5.13. The van der Waals surface area contributed by atoms with Crippen LogP contribution in [0.15, 0.2) is 48.8 Å². The minimum Gasteiger partial charge on any atom is -0.267 e. The van der Waals surface area contributed by atoms with Crippen LogP contribution >= 0.6 is 11.6 Å². The molecule has 1 aliphatic rings. The number of hydrogen-bond donors (Lipinski definition) is 1. The number of benzene rings is 1. The summed E-state index contributed by atoms with van der Waals surface area (Å²) in [6.07, 6.45) is 7.82. The number of rotatable bonds is 7. The van der Waals surface area contributed by atoms with Gasteiger partial charge in [-0.1, -0.05) is 23.7 Å². The molecule has 6 nitrogen and oxygen atoms in total. The minimum absolute atomic E-state index is 0.0658. The molecule has 0 unspecified atom stereocenters. The summed E-state index contributed by atoms with van der Waals surface area (Å²) in [6.45, 7) is 0.813. The fourth-order valence-corrected chi connectivity index (χ4v) is 5.02. The van der Waals surface area contributed by atoms with Gasteiger partial charge in [0.15, 0.2) is 0 Å². The number of pyridine rings is 1. The zero-order valence-corrected chi connectivity index (χ0v) is 17.6. The molecule has 0 spiro atoms. The lowest BCUT2D eigenvalue weighted by Gasteiger charge is -2.14. The van der Waals surface area contributed by atoms with Gasteiger partial charge in [0.05, 0.1) is 18.0 Å². The summed E-state index contributed by atoms with van der Waals surface area (Å²) in [6, 6.07) is 10.8. The molecule has 0 amide bonds. The first-order valence-corrected chi connectivity index (χ1v) is 11.8. The van der Waals surface area contributed by atoms with Gasteiger partial charge < -0.3 is 0 Å². The molecule has 152 valence electrons. The van der Waals surface area contributed by atoms with Crippen molar-refractivity contribution in [3.8, 4) is 11.3 Å². The van der Waals surface area contributed by atoms with Crippen LogP contribution in [0.5, 0.6) is 0 Å². The van der Waals surface area contributed by atoms with Gasteiger partial charge in [0, 0.05) is 40.8 Å². The molecule has 2 heterocycles. The summed E-state index contributed by atoms with van der Waals surface area (Å²) in [7, 11) is -3.43. The predicted molar refractivity (Wildman–Crippen MR) is 114 cm³/mol.